The summed E-state index contributed by atoms with van der Waals surface area (Å²) in [5.41, 5.74) is 13.6. The molecule has 0 N–H and O–H groups in total. The minimum absolute atomic E-state index is 0.721. The molecule has 47 heavy (non-hydrogen) atoms. The van der Waals surface area contributed by atoms with Crippen molar-refractivity contribution in [1.82, 2.24) is 14.5 Å². The van der Waals surface area contributed by atoms with Gasteiger partial charge in [-0.15, -0.1) is 0 Å². The maximum absolute atomic E-state index is 5.06. The lowest BCUT2D eigenvalue weighted by Crippen LogP contribution is -1.97. The van der Waals surface area contributed by atoms with Gasteiger partial charge in [0.25, 0.3) is 0 Å². The van der Waals surface area contributed by atoms with Gasteiger partial charge in [0.05, 0.1) is 22.4 Å². The van der Waals surface area contributed by atoms with Crippen LogP contribution in [0, 0.1) is 0 Å². The molecule has 0 saturated heterocycles. The molecule has 3 heteroatoms. The number of aromatic nitrogens is 3. The highest BCUT2D eigenvalue weighted by Crippen LogP contribution is 2.49. The van der Waals surface area contributed by atoms with Gasteiger partial charge in [0, 0.05) is 33.2 Å². The van der Waals surface area contributed by atoms with E-state index in [4.69, 9.17) is 9.97 Å². The number of nitrogens with zero attached hydrogens (tertiary/aromatic N) is 3. The van der Waals surface area contributed by atoms with Crippen LogP contribution in [0.1, 0.15) is 0 Å². The summed E-state index contributed by atoms with van der Waals surface area (Å²) in [7, 11) is 0. The lowest BCUT2D eigenvalue weighted by atomic mass is 9.93. The van der Waals surface area contributed by atoms with Gasteiger partial charge in [-0.1, -0.05) is 133 Å². The summed E-state index contributed by atoms with van der Waals surface area (Å²) in [4.78, 5) is 10.0. The third-order valence-electron chi connectivity index (χ3n) is 9.55. The maximum atomic E-state index is 5.06. The Morgan fingerprint density at radius 3 is 1.62 bits per heavy atom. The van der Waals surface area contributed by atoms with Crippen LogP contribution < -0.4 is 0 Å². The Kier molecular flexibility index (Phi) is 5.57. The Hall–Kier alpha value is -6.32. The van der Waals surface area contributed by atoms with Crippen LogP contribution in [0.5, 0.6) is 0 Å². The number of hydrogen-bond acceptors (Lipinski definition) is 2. The Balaban J connectivity index is 1.18. The molecule has 0 radical (unpaired) electrons. The highest BCUT2D eigenvalue weighted by Gasteiger charge is 2.24. The predicted molar refractivity (Wildman–Crippen MR) is 195 cm³/mol. The van der Waals surface area contributed by atoms with Crippen LogP contribution in [0.4, 0.5) is 0 Å². The summed E-state index contributed by atoms with van der Waals surface area (Å²) >= 11 is 0. The number of hydrogen-bond donors (Lipinski definition) is 0. The first-order valence-corrected chi connectivity index (χ1v) is 16.0. The highest BCUT2D eigenvalue weighted by atomic mass is 15.0. The molecule has 2 aromatic heterocycles. The number of fused-ring (bicyclic) bond motifs is 3. The second kappa shape index (κ2) is 10.1. The Morgan fingerprint density at radius 1 is 0.362 bits per heavy atom. The molecule has 0 unspecified atom stereocenters. The number of rotatable bonds is 4. The monoisotopic (exact) mass is 597 g/mol. The summed E-state index contributed by atoms with van der Waals surface area (Å²) in [6.45, 7) is 0. The van der Waals surface area contributed by atoms with Gasteiger partial charge in [-0.25, -0.2) is 9.97 Å². The summed E-state index contributed by atoms with van der Waals surface area (Å²) in [6, 6.07) is 58.3. The Labute approximate surface area is 272 Å². The molecule has 0 aliphatic heterocycles. The van der Waals surface area contributed by atoms with Crippen molar-refractivity contribution in [3.63, 3.8) is 0 Å². The van der Waals surface area contributed by atoms with Gasteiger partial charge in [0.15, 0.2) is 5.82 Å². The fourth-order valence-electron chi connectivity index (χ4n) is 7.46. The maximum Gasteiger partial charge on any atom is 0.160 e. The van der Waals surface area contributed by atoms with Crippen LogP contribution >= 0.6 is 0 Å². The minimum atomic E-state index is 0.721. The first-order chi connectivity index (χ1) is 23.3. The zero-order valence-corrected chi connectivity index (χ0v) is 25.4. The summed E-state index contributed by atoms with van der Waals surface area (Å²) in [5, 5.41) is 5.22. The lowest BCUT2D eigenvalue weighted by molar-refractivity contribution is 1.17. The van der Waals surface area contributed by atoms with Crippen LogP contribution in [0.25, 0.3) is 94.4 Å². The van der Waals surface area contributed by atoms with E-state index in [0.29, 0.717) is 0 Å². The normalized spacial score (nSPS) is 11.8. The van der Waals surface area contributed by atoms with E-state index in [2.05, 4.69) is 144 Å². The van der Waals surface area contributed by atoms with Gasteiger partial charge < -0.3 is 4.57 Å². The van der Waals surface area contributed by atoms with Gasteiger partial charge in [0.1, 0.15) is 0 Å². The van der Waals surface area contributed by atoms with Crippen molar-refractivity contribution in [2.45, 2.75) is 0 Å². The summed E-state index contributed by atoms with van der Waals surface area (Å²) in [5.74, 6) is 0.721. The zero-order valence-electron chi connectivity index (χ0n) is 25.4. The smallest absolute Gasteiger partial charge is 0.160 e. The standard InChI is InChI=1S/C44H27N3/c1-3-11-28(12-4-1)37-27-38(46-44(45-37)31-13-5-2-6-14-31)29-21-24-32(25-22-29)47-39-20-10-19-36-34-17-8-7-16-33(34)35-18-9-15-30-23-26-40(47)43(41(30)35)42(36)39/h1-27H. The quantitative estimate of drug-likeness (QED) is 0.202. The third kappa shape index (κ3) is 3.93. The molecule has 0 amide bonds. The van der Waals surface area contributed by atoms with E-state index in [-0.39, 0.29) is 0 Å². The van der Waals surface area contributed by atoms with Crippen LogP contribution in [0.3, 0.4) is 0 Å². The van der Waals surface area contributed by atoms with E-state index in [1.807, 2.05) is 24.3 Å². The number of benzene rings is 7. The molecule has 1 aliphatic carbocycles. The van der Waals surface area contributed by atoms with Gasteiger partial charge in [0.2, 0.25) is 0 Å². The van der Waals surface area contributed by atoms with Crippen LogP contribution in [0.15, 0.2) is 164 Å². The van der Waals surface area contributed by atoms with Crippen molar-refractivity contribution >= 4 is 32.6 Å². The van der Waals surface area contributed by atoms with Crippen LogP contribution in [-0.4, -0.2) is 14.5 Å². The van der Waals surface area contributed by atoms with Crippen molar-refractivity contribution in [2.75, 3.05) is 0 Å². The van der Waals surface area contributed by atoms with E-state index in [9.17, 15) is 0 Å². The molecule has 0 saturated carbocycles. The highest BCUT2D eigenvalue weighted by molar-refractivity contribution is 6.30. The van der Waals surface area contributed by atoms with Crippen molar-refractivity contribution in [3.8, 4) is 61.8 Å². The molecule has 0 atom stereocenters. The topological polar surface area (TPSA) is 30.7 Å². The molecule has 2 heterocycles. The molecule has 0 fully saturated rings. The van der Waals surface area contributed by atoms with Gasteiger partial charge in [-0.3, -0.25) is 0 Å². The van der Waals surface area contributed by atoms with Crippen LogP contribution in [0.2, 0.25) is 0 Å². The van der Waals surface area contributed by atoms with Gasteiger partial charge in [-0.05, 0) is 63.4 Å². The Morgan fingerprint density at radius 2 is 0.915 bits per heavy atom. The molecule has 10 rings (SSSR count). The van der Waals surface area contributed by atoms with E-state index >= 15 is 0 Å². The second-order valence-electron chi connectivity index (χ2n) is 12.2. The first-order valence-electron chi connectivity index (χ1n) is 16.0. The first kappa shape index (κ1) is 26.0. The Bertz CT molecular complexity index is 2590. The molecule has 9 aromatic rings. The van der Waals surface area contributed by atoms with Gasteiger partial charge in [-0.2, -0.15) is 0 Å². The fraction of sp³-hybridized carbons (Fsp3) is 0. The third-order valence-corrected chi connectivity index (χ3v) is 9.55. The molecular formula is C44H27N3. The lowest BCUT2D eigenvalue weighted by Gasteiger charge is -2.14. The van der Waals surface area contributed by atoms with E-state index in [0.717, 1.165) is 39.6 Å². The molecule has 0 bridgehead atoms. The van der Waals surface area contributed by atoms with Crippen molar-refractivity contribution in [1.29, 1.82) is 0 Å². The molecule has 0 spiro atoms. The average Bonchev–Trinajstić information content (AvgIpc) is 3.43. The van der Waals surface area contributed by atoms with Crippen molar-refractivity contribution < 1.29 is 0 Å². The molecule has 3 nitrogen and oxygen atoms in total. The average molecular weight is 598 g/mol. The fourth-order valence-corrected chi connectivity index (χ4v) is 7.46. The molecule has 1 aliphatic rings. The summed E-state index contributed by atoms with van der Waals surface area (Å²) < 4.78 is 2.42. The van der Waals surface area contributed by atoms with Gasteiger partial charge >= 0.3 is 0 Å². The van der Waals surface area contributed by atoms with E-state index in [1.54, 1.807) is 0 Å². The SMILES string of the molecule is c1ccc(-c2cc(-c3ccc(-n4c5cccc6c5c5c7c(cccc7ccc54)-c4ccccc4-6)cc3)nc(-c3ccccc3)n2)cc1. The largest absolute Gasteiger partial charge is 0.309 e. The molecule has 218 valence electrons. The second-order valence-corrected chi connectivity index (χ2v) is 12.2. The van der Waals surface area contributed by atoms with E-state index < -0.39 is 0 Å². The van der Waals surface area contributed by atoms with E-state index in [1.165, 1.54) is 54.8 Å². The van der Waals surface area contributed by atoms with Crippen LogP contribution in [-0.2, 0) is 0 Å². The van der Waals surface area contributed by atoms with Crippen molar-refractivity contribution in [2.24, 2.45) is 0 Å². The zero-order chi connectivity index (χ0) is 30.9. The predicted octanol–water partition coefficient (Wildman–Crippen LogP) is 11.4. The minimum Gasteiger partial charge on any atom is -0.309 e. The van der Waals surface area contributed by atoms with Crippen molar-refractivity contribution in [3.05, 3.63) is 164 Å². The summed E-state index contributed by atoms with van der Waals surface area (Å²) in [6.07, 6.45) is 0. The molecular weight excluding hydrogens is 571 g/mol. The molecule has 7 aromatic carbocycles.